The van der Waals surface area contributed by atoms with Gasteiger partial charge in [0.15, 0.2) is 4.77 Å². The lowest BCUT2D eigenvalue weighted by atomic mass is 10.1. The molecule has 5 heteroatoms. The molecule has 4 nitrogen and oxygen atoms in total. The van der Waals surface area contributed by atoms with Crippen molar-refractivity contribution in [2.24, 2.45) is 0 Å². The van der Waals surface area contributed by atoms with Crippen LogP contribution in [0.4, 0.5) is 0 Å². The molecule has 0 saturated carbocycles. The summed E-state index contributed by atoms with van der Waals surface area (Å²) < 4.78 is 2.37. The molecule has 4 aromatic rings. The number of imidazole rings is 1. The van der Waals surface area contributed by atoms with E-state index < -0.39 is 0 Å². The summed E-state index contributed by atoms with van der Waals surface area (Å²) in [5.41, 5.74) is 2.31. The first-order valence-corrected chi connectivity index (χ1v) is 7.69. The third kappa shape index (κ3) is 2.45. The first-order valence-electron chi connectivity index (χ1n) is 7.28. The molecule has 23 heavy (non-hydrogen) atoms. The van der Waals surface area contributed by atoms with E-state index in [1.165, 1.54) is 0 Å². The Morgan fingerprint density at radius 1 is 1.09 bits per heavy atom. The first-order chi connectivity index (χ1) is 11.2. The summed E-state index contributed by atoms with van der Waals surface area (Å²) in [5, 5.41) is 2.26. The number of H-pyrrole nitrogens is 1. The summed E-state index contributed by atoms with van der Waals surface area (Å²) in [6.07, 6.45) is 1.62. The van der Waals surface area contributed by atoms with E-state index in [2.05, 4.69) is 34.2 Å². The zero-order valence-electron chi connectivity index (χ0n) is 12.2. The minimum absolute atomic E-state index is 0.0595. The summed E-state index contributed by atoms with van der Waals surface area (Å²) in [7, 11) is 0. The van der Waals surface area contributed by atoms with Crippen molar-refractivity contribution in [1.29, 1.82) is 0 Å². The molecule has 0 bridgehead atoms. The van der Waals surface area contributed by atoms with Crippen molar-refractivity contribution in [3.05, 3.63) is 71.3 Å². The number of fused-ring (bicyclic) bond motifs is 2. The molecule has 0 fully saturated rings. The molecule has 2 heterocycles. The Balaban J connectivity index is 1.83. The smallest absolute Gasteiger partial charge is 0.200 e. The number of nitrogens with one attached hydrogen (secondary N) is 1. The van der Waals surface area contributed by atoms with E-state index in [-0.39, 0.29) is 12.3 Å². The second-order valence-corrected chi connectivity index (χ2v) is 5.76. The van der Waals surface area contributed by atoms with Crippen LogP contribution in [0.15, 0.2) is 60.8 Å². The van der Waals surface area contributed by atoms with Crippen LogP contribution in [-0.4, -0.2) is 20.3 Å². The average Bonchev–Trinajstić information content (AvgIpc) is 2.88. The van der Waals surface area contributed by atoms with Crippen LogP contribution in [0.3, 0.4) is 0 Å². The number of ketones is 1. The minimum atomic E-state index is -0.0595. The molecule has 0 aliphatic rings. The molecule has 0 aliphatic heterocycles. The number of carbonyl (C=O) groups is 1. The maximum atomic E-state index is 12.4. The molecule has 2 aromatic carbocycles. The summed E-state index contributed by atoms with van der Waals surface area (Å²) in [6, 6.07) is 17.5. The molecule has 0 unspecified atom stereocenters. The van der Waals surface area contributed by atoms with Gasteiger partial charge in [-0.1, -0.05) is 30.3 Å². The molecular formula is C18H13N3OS. The van der Waals surface area contributed by atoms with Crippen molar-refractivity contribution in [1.82, 2.24) is 14.5 Å². The number of Topliss-reactive ketones (excluding diaryl/α,β-unsaturated/α-hetero) is 1. The monoisotopic (exact) mass is 319 g/mol. The average molecular weight is 319 g/mol. The first kappa shape index (κ1) is 13.8. The zero-order chi connectivity index (χ0) is 15.8. The zero-order valence-corrected chi connectivity index (χ0v) is 13.0. The molecule has 1 N–H and O–H groups in total. The molecule has 0 amide bonds. The second kappa shape index (κ2) is 5.44. The van der Waals surface area contributed by atoms with Crippen molar-refractivity contribution >= 4 is 39.8 Å². The van der Waals surface area contributed by atoms with Gasteiger partial charge in [0.25, 0.3) is 0 Å². The number of hydrogen-bond donors (Lipinski definition) is 1. The Morgan fingerprint density at radius 2 is 1.83 bits per heavy atom. The van der Waals surface area contributed by atoms with Gasteiger partial charge in [0, 0.05) is 6.20 Å². The van der Waals surface area contributed by atoms with Crippen molar-refractivity contribution in [3.63, 3.8) is 0 Å². The van der Waals surface area contributed by atoms with E-state index in [0.29, 0.717) is 10.5 Å². The van der Waals surface area contributed by atoms with E-state index in [1.807, 2.05) is 22.8 Å². The molecule has 0 saturated heterocycles. The van der Waals surface area contributed by atoms with Crippen molar-refractivity contribution < 1.29 is 4.79 Å². The van der Waals surface area contributed by atoms with Crippen LogP contribution in [0, 0.1) is 4.77 Å². The lowest BCUT2D eigenvalue weighted by Crippen LogP contribution is -2.11. The van der Waals surface area contributed by atoms with Gasteiger partial charge in [-0.05, 0) is 47.3 Å². The number of aromatic amines is 1. The number of rotatable bonds is 3. The third-order valence-electron chi connectivity index (χ3n) is 3.89. The summed E-state index contributed by atoms with van der Waals surface area (Å²) in [5.74, 6) is -0.0595. The van der Waals surface area contributed by atoms with Gasteiger partial charge in [-0.3, -0.25) is 9.78 Å². The maximum absolute atomic E-state index is 12.4. The third-order valence-corrected chi connectivity index (χ3v) is 4.22. The number of aromatic nitrogens is 3. The Hall–Kier alpha value is -2.79. The van der Waals surface area contributed by atoms with Crippen LogP contribution in [-0.2, 0) is 6.54 Å². The van der Waals surface area contributed by atoms with E-state index in [0.717, 1.165) is 21.8 Å². The lowest BCUT2D eigenvalue weighted by Gasteiger charge is -2.05. The Morgan fingerprint density at radius 3 is 2.57 bits per heavy atom. The number of nitrogens with zero attached hydrogens (tertiary/aromatic N) is 2. The number of carbonyl (C=O) groups excluding carboxylic acids is 1. The minimum Gasteiger partial charge on any atom is -0.331 e. The highest BCUT2D eigenvalue weighted by Crippen LogP contribution is 2.22. The summed E-state index contributed by atoms with van der Waals surface area (Å²) in [6.45, 7) is 0.175. The Labute approximate surface area is 137 Å². The topological polar surface area (TPSA) is 50.7 Å². The normalized spacial score (nSPS) is 11.1. The van der Waals surface area contributed by atoms with E-state index >= 15 is 0 Å². The quantitative estimate of drug-likeness (QED) is 0.456. The van der Waals surface area contributed by atoms with Crippen LogP contribution in [0.2, 0.25) is 0 Å². The fourth-order valence-corrected chi connectivity index (χ4v) is 3.03. The highest BCUT2D eigenvalue weighted by atomic mass is 32.1. The van der Waals surface area contributed by atoms with Gasteiger partial charge < -0.3 is 9.55 Å². The predicted molar refractivity (Wildman–Crippen MR) is 93.2 cm³/mol. The Bertz CT molecular complexity index is 1080. The molecule has 0 atom stereocenters. The molecule has 2 aromatic heterocycles. The van der Waals surface area contributed by atoms with E-state index in [1.54, 1.807) is 18.3 Å². The summed E-state index contributed by atoms with van der Waals surface area (Å²) in [4.78, 5) is 19.7. The largest absolute Gasteiger partial charge is 0.331 e. The van der Waals surface area contributed by atoms with Crippen LogP contribution >= 0.6 is 12.2 Å². The SMILES string of the molecule is O=C(Cn1c(=S)[nH]c2cc3ccccc3cc21)c1ccccn1. The number of hydrogen-bond acceptors (Lipinski definition) is 3. The Kier molecular flexibility index (Phi) is 3.28. The summed E-state index contributed by atoms with van der Waals surface area (Å²) >= 11 is 5.39. The fourth-order valence-electron chi connectivity index (χ4n) is 2.75. The molecule has 0 aliphatic carbocycles. The van der Waals surface area contributed by atoms with Gasteiger partial charge in [-0.2, -0.15) is 0 Å². The van der Waals surface area contributed by atoms with Crippen molar-refractivity contribution in [2.45, 2.75) is 6.54 Å². The van der Waals surface area contributed by atoms with E-state index in [4.69, 9.17) is 12.2 Å². The van der Waals surface area contributed by atoms with Crippen molar-refractivity contribution in [3.8, 4) is 0 Å². The van der Waals surface area contributed by atoms with Gasteiger partial charge in [-0.25, -0.2) is 0 Å². The standard InChI is InChI=1S/C18H13N3OS/c22-17(14-7-3-4-8-19-14)11-21-16-10-13-6-2-1-5-12(13)9-15(16)20-18(21)23/h1-10H,11H2,(H,20,23). The van der Waals surface area contributed by atoms with Gasteiger partial charge in [0.2, 0.25) is 5.78 Å². The molecule has 4 rings (SSSR count). The van der Waals surface area contributed by atoms with Crippen LogP contribution in [0.1, 0.15) is 10.5 Å². The van der Waals surface area contributed by atoms with Gasteiger partial charge in [0.1, 0.15) is 5.69 Å². The fraction of sp³-hybridized carbons (Fsp3) is 0.0556. The van der Waals surface area contributed by atoms with Gasteiger partial charge in [-0.15, -0.1) is 0 Å². The number of pyridine rings is 1. The van der Waals surface area contributed by atoms with Crippen LogP contribution < -0.4 is 0 Å². The van der Waals surface area contributed by atoms with Crippen molar-refractivity contribution in [2.75, 3.05) is 0 Å². The second-order valence-electron chi connectivity index (χ2n) is 5.37. The van der Waals surface area contributed by atoms with Gasteiger partial charge >= 0.3 is 0 Å². The maximum Gasteiger partial charge on any atom is 0.200 e. The number of benzene rings is 2. The molecular weight excluding hydrogens is 306 g/mol. The highest BCUT2D eigenvalue weighted by molar-refractivity contribution is 7.71. The highest BCUT2D eigenvalue weighted by Gasteiger charge is 2.12. The predicted octanol–water partition coefficient (Wildman–Crippen LogP) is 4.13. The molecule has 112 valence electrons. The van der Waals surface area contributed by atoms with E-state index in [9.17, 15) is 4.79 Å². The lowest BCUT2D eigenvalue weighted by molar-refractivity contribution is 0.0968. The van der Waals surface area contributed by atoms with Gasteiger partial charge in [0.05, 0.1) is 17.6 Å². The van der Waals surface area contributed by atoms with Crippen LogP contribution in [0.25, 0.3) is 21.8 Å². The molecule has 0 radical (unpaired) electrons. The molecule has 0 spiro atoms. The van der Waals surface area contributed by atoms with Crippen LogP contribution in [0.5, 0.6) is 0 Å².